The lowest BCUT2D eigenvalue weighted by Gasteiger charge is -2.02. The predicted octanol–water partition coefficient (Wildman–Crippen LogP) is 2.28. The summed E-state index contributed by atoms with van der Waals surface area (Å²) in [5, 5.41) is 0.610. The van der Waals surface area contributed by atoms with Gasteiger partial charge in [0.15, 0.2) is 4.34 Å². The molecule has 0 spiro atoms. The van der Waals surface area contributed by atoms with Gasteiger partial charge in [-0.05, 0) is 34.9 Å². The van der Waals surface area contributed by atoms with E-state index < -0.39 is 0 Å². The molecule has 0 aliphatic rings. The zero-order chi connectivity index (χ0) is 13.9. The van der Waals surface area contributed by atoms with Crippen molar-refractivity contribution >= 4 is 34.9 Å². The van der Waals surface area contributed by atoms with Crippen molar-refractivity contribution in [3.63, 3.8) is 0 Å². The van der Waals surface area contributed by atoms with Gasteiger partial charge in [-0.3, -0.25) is 4.57 Å². The van der Waals surface area contributed by atoms with Crippen LogP contribution in [0.1, 0.15) is 12.7 Å². The minimum atomic E-state index is 0.131. The molecule has 3 heterocycles. The van der Waals surface area contributed by atoms with Crippen LogP contribution in [0.4, 0.5) is 0 Å². The summed E-state index contributed by atoms with van der Waals surface area (Å²) in [4.78, 5) is 20.8. The van der Waals surface area contributed by atoms with Crippen LogP contribution in [-0.4, -0.2) is 33.9 Å². The fourth-order valence-corrected chi connectivity index (χ4v) is 3.12. The van der Waals surface area contributed by atoms with Crippen molar-refractivity contribution in [1.29, 1.82) is 0 Å². The van der Waals surface area contributed by atoms with Gasteiger partial charge in [0, 0.05) is 18.8 Å². The number of hydrogen-bond donors (Lipinski definition) is 0. The molecular formula is C10H8ClN7S2. The first-order chi connectivity index (χ1) is 9.74. The van der Waals surface area contributed by atoms with E-state index in [2.05, 4.69) is 29.3 Å². The Balaban J connectivity index is 1.90. The highest BCUT2D eigenvalue weighted by Crippen LogP contribution is 2.27. The van der Waals surface area contributed by atoms with E-state index in [0.29, 0.717) is 11.1 Å². The third kappa shape index (κ3) is 2.94. The Kier molecular flexibility index (Phi) is 3.90. The smallest absolute Gasteiger partial charge is 0.240 e. The van der Waals surface area contributed by atoms with Crippen LogP contribution < -0.4 is 0 Å². The molecule has 0 amide bonds. The number of halogens is 1. The highest BCUT2D eigenvalue weighted by molar-refractivity contribution is 8.00. The van der Waals surface area contributed by atoms with Crippen LogP contribution in [0.15, 0.2) is 28.2 Å². The zero-order valence-corrected chi connectivity index (χ0v) is 12.7. The molecule has 20 heavy (non-hydrogen) atoms. The van der Waals surface area contributed by atoms with E-state index in [-0.39, 0.29) is 5.28 Å². The van der Waals surface area contributed by atoms with E-state index in [4.69, 9.17) is 11.6 Å². The lowest BCUT2D eigenvalue weighted by atomic mass is 10.5. The van der Waals surface area contributed by atoms with Gasteiger partial charge in [0.1, 0.15) is 12.2 Å². The summed E-state index contributed by atoms with van der Waals surface area (Å²) in [5.74, 6) is 1.23. The molecule has 0 unspecified atom stereocenters. The summed E-state index contributed by atoms with van der Waals surface area (Å²) < 4.78 is 6.66. The third-order valence-electron chi connectivity index (χ3n) is 2.26. The van der Waals surface area contributed by atoms with Crippen molar-refractivity contribution in [2.75, 3.05) is 0 Å². The summed E-state index contributed by atoms with van der Waals surface area (Å²) in [6.45, 7) is 2.01. The monoisotopic (exact) mass is 325 g/mol. The maximum absolute atomic E-state index is 5.92. The molecule has 0 saturated carbocycles. The van der Waals surface area contributed by atoms with E-state index in [1.807, 2.05) is 6.92 Å². The Bertz CT molecular complexity index is 712. The molecule has 7 nitrogen and oxygen atoms in total. The van der Waals surface area contributed by atoms with Crippen molar-refractivity contribution < 1.29 is 0 Å². The maximum atomic E-state index is 5.92. The van der Waals surface area contributed by atoms with Gasteiger partial charge in [-0.15, -0.1) is 0 Å². The predicted molar refractivity (Wildman–Crippen MR) is 75.4 cm³/mol. The third-order valence-corrected chi connectivity index (χ3v) is 4.08. The quantitative estimate of drug-likeness (QED) is 0.727. The first-order valence-corrected chi connectivity index (χ1v) is 7.61. The van der Waals surface area contributed by atoms with Gasteiger partial charge >= 0.3 is 0 Å². The molecular weight excluding hydrogens is 318 g/mol. The highest BCUT2D eigenvalue weighted by atomic mass is 35.5. The van der Waals surface area contributed by atoms with Gasteiger partial charge < -0.3 is 0 Å². The summed E-state index contributed by atoms with van der Waals surface area (Å²) in [5.41, 5.74) is 0. The van der Waals surface area contributed by atoms with Gasteiger partial charge in [-0.2, -0.15) is 19.3 Å². The SMILES string of the molecule is CCc1nsc(Sc2nc(Cl)nc(-n3ccnc3)n2)n1. The molecule has 3 aromatic heterocycles. The van der Waals surface area contributed by atoms with Crippen molar-refractivity contribution in [2.45, 2.75) is 22.8 Å². The first-order valence-electron chi connectivity index (χ1n) is 5.65. The van der Waals surface area contributed by atoms with Gasteiger partial charge in [-0.25, -0.2) is 9.97 Å². The van der Waals surface area contributed by atoms with E-state index in [0.717, 1.165) is 16.6 Å². The molecule has 102 valence electrons. The number of rotatable bonds is 4. The summed E-state index contributed by atoms with van der Waals surface area (Å²) in [6, 6.07) is 0. The Morgan fingerprint density at radius 2 is 2.20 bits per heavy atom. The maximum Gasteiger partial charge on any atom is 0.240 e. The van der Waals surface area contributed by atoms with Gasteiger partial charge in [-0.1, -0.05) is 6.92 Å². The number of nitrogens with zero attached hydrogens (tertiary/aromatic N) is 7. The van der Waals surface area contributed by atoms with E-state index in [9.17, 15) is 0 Å². The number of aryl methyl sites for hydroxylation is 1. The highest BCUT2D eigenvalue weighted by Gasteiger charge is 2.11. The largest absolute Gasteiger partial charge is 0.274 e. The van der Waals surface area contributed by atoms with Crippen molar-refractivity contribution in [3.8, 4) is 5.95 Å². The van der Waals surface area contributed by atoms with Crippen molar-refractivity contribution in [1.82, 2.24) is 33.9 Å². The molecule has 0 fully saturated rings. The van der Waals surface area contributed by atoms with E-state index in [1.165, 1.54) is 23.3 Å². The average Bonchev–Trinajstić information content (AvgIpc) is 3.09. The van der Waals surface area contributed by atoms with E-state index >= 15 is 0 Å². The fraction of sp³-hybridized carbons (Fsp3) is 0.200. The molecule has 0 atom stereocenters. The summed E-state index contributed by atoms with van der Waals surface area (Å²) in [7, 11) is 0. The van der Waals surface area contributed by atoms with Crippen LogP contribution in [0, 0.1) is 0 Å². The number of aromatic nitrogens is 7. The van der Waals surface area contributed by atoms with Crippen LogP contribution in [-0.2, 0) is 6.42 Å². The second-order valence-corrected chi connectivity index (χ2v) is 5.89. The Hall–Kier alpha value is -1.58. The minimum absolute atomic E-state index is 0.131. The van der Waals surface area contributed by atoms with Gasteiger partial charge in [0.25, 0.3) is 0 Å². The normalized spacial score (nSPS) is 10.9. The fourth-order valence-electron chi connectivity index (χ4n) is 1.36. The zero-order valence-electron chi connectivity index (χ0n) is 10.3. The second kappa shape index (κ2) is 5.81. The molecule has 0 radical (unpaired) electrons. The number of hydrogen-bond acceptors (Lipinski definition) is 8. The van der Waals surface area contributed by atoms with Crippen LogP contribution in [0.5, 0.6) is 0 Å². The molecule has 3 rings (SSSR count). The molecule has 0 aliphatic heterocycles. The standard InChI is InChI=1S/C10H8ClN7S2/c1-2-6-13-10(20-17-6)19-9-15-7(11)14-8(16-9)18-4-3-12-5-18/h3-5H,2H2,1H3. The lowest BCUT2D eigenvalue weighted by Crippen LogP contribution is -2.02. The Labute approximate surface area is 127 Å². The topological polar surface area (TPSA) is 82.3 Å². The van der Waals surface area contributed by atoms with Crippen molar-refractivity contribution in [2.24, 2.45) is 0 Å². The number of imidazole rings is 1. The van der Waals surface area contributed by atoms with Crippen LogP contribution in [0.2, 0.25) is 5.28 Å². The molecule has 3 aromatic rings. The molecule has 0 saturated heterocycles. The van der Waals surface area contributed by atoms with Gasteiger partial charge in [0.05, 0.1) is 0 Å². The summed E-state index contributed by atoms with van der Waals surface area (Å²) in [6.07, 6.45) is 5.78. The van der Waals surface area contributed by atoms with E-state index in [1.54, 1.807) is 23.3 Å². The molecule has 10 heteroatoms. The molecule has 0 N–H and O–H groups in total. The molecule has 0 bridgehead atoms. The lowest BCUT2D eigenvalue weighted by molar-refractivity contribution is 0.822. The second-order valence-electron chi connectivity index (χ2n) is 3.59. The van der Waals surface area contributed by atoms with Crippen molar-refractivity contribution in [3.05, 3.63) is 29.8 Å². The first kappa shape index (κ1) is 13.4. The van der Waals surface area contributed by atoms with Gasteiger partial charge in [0.2, 0.25) is 16.4 Å². The summed E-state index contributed by atoms with van der Waals surface area (Å²) >= 11 is 8.55. The minimum Gasteiger partial charge on any atom is -0.274 e. The molecule has 0 aliphatic carbocycles. The van der Waals surface area contributed by atoms with Crippen LogP contribution in [0.25, 0.3) is 5.95 Å². The van der Waals surface area contributed by atoms with Crippen LogP contribution >= 0.6 is 34.9 Å². The van der Waals surface area contributed by atoms with Crippen LogP contribution in [0.3, 0.4) is 0 Å². The Morgan fingerprint density at radius 1 is 1.30 bits per heavy atom. The Morgan fingerprint density at radius 3 is 2.90 bits per heavy atom. The average molecular weight is 326 g/mol. The molecule has 0 aromatic carbocycles.